The van der Waals surface area contributed by atoms with Crippen LogP contribution in [-0.2, 0) is 0 Å². The number of ether oxygens (including phenoxy) is 1. The number of hydrogen-bond donors (Lipinski definition) is 1. The third-order valence-electron chi connectivity index (χ3n) is 3.24. The van der Waals surface area contributed by atoms with Gasteiger partial charge in [-0.3, -0.25) is 4.98 Å². The average Bonchev–Trinajstić information content (AvgIpc) is 2.51. The minimum absolute atomic E-state index is 0.577. The van der Waals surface area contributed by atoms with E-state index in [-0.39, 0.29) is 0 Å². The molecule has 3 rings (SSSR count). The molecular formula is C17H14BrNO2. The Kier molecular flexibility index (Phi) is 3.90. The molecule has 3 nitrogen and oxygen atoms in total. The third kappa shape index (κ3) is 2.91. The van der Waals surface area contributed by atoms with Gasteiger partial charge in [-0.05, 0) is 51.8 Å². The lowest BCUT2D eigenvalue weighted by Crippen LogP contribution is -1.95. The van der Waals surface area contributed by atoms with Gasteiger partial charge in [0.2, 0.25) is 0 Å². The molecule has 0 aliphatic rings. The Hall–Kier alpha value is -1.91. The normalized spacial score (nSPS) is 12.3. The summed E-state index contributed by atoms with van der Waals surface area (Å²) < 4.78 is 6.78. The molecule has 0 aliphatic heterocycles. The van der Waals surface area contributed by atoms with Gasteiger partial charge in [0.25, 0.3) is 0 Å². The lowest BCUT2D eigenvalue weighted by Gasteiger charge is -2.10. The minimum Gasteiger partial charge on any atom is -0.455 e. The number of nitrogens with zero attached hydrogens (tertiary/aromatic N) is 1. The second-order valence-corrected chi connectivity index (χ2v) is 5.59. The highest BCUT2D eigenvalue weighted by Crippen LogP contribution is 2.35. The monoisotopic (exact) mass is 343 g/mol. The summed E-state index contributed by atoms with van der Waals surface area (Å²) in [5.41, 5.74) is 0.625. The molecule has 0 aliphatic carbocycles. The van der Waals surface area contributed by atoms with Gasteiger partial charge < -0.3 is 9.84 Å². The average molecular weight is 344 g/mol. The van der Waals surface area contributed by atoms with E-state index in [1.807, 2.05) is 30.3 Å². The van der Waals surface area contributed by atoms with Crippen LogP contribution in [-0.4, -0.2) is 10.1 Å². The van der Waals surface area contributed by atoms with Crippen LogP contribution in [0.4, 0.5) is 0 Å². The van der Waals surface area contributed by atoms with Crippen LogP contribution < -0.4 is 4.74 Å². The lowest BCUT2D eigenvalue weighted by molar-refractivity contribution is 0.194. The van der Waals surface area contributed by atoms with Crippen molar-refractivity contribution in [2.24, 2.45) is 0 Å². The van der Waals surface area contributed by atoms with E-state index in [1.165, 1.54) is 0 Å². The second kappa shape index (κ2) is 5.84. The predicted molar refractivity (Wildman–Crippen MR) is 86.6 cm³/mol. The fraction of sp³-hybridized carbons (Fsp3) is 0.118. The topological polar surface area (TPSA) is 42.4 Å². The van der Waals surface area contributed by atoms with Gasteiger partial charge in [0.05, 0.1) is 22.5 Å². The molecule has 1 aromatic heterocycles. The van der Waals surface area contributed by atoms with Crippen molar-refractivity contribution in [3.63, 3.8) is 0 Å². The van der Waals surface area contributed by atoms with Crippen molar-refractivity contribution in [1.82, 2.24) is 4.98 Å². The summed E-state index contributed by atoms with van der Waals surface area (Å²) in [5.74, 6) is 1.37. The van der Waals surface area contributed by atoms with E-state index < -0.39 is 6.10 Å². The first-order valence-electron chi connectivity index (χ1n) is 6.64. The Morgan fingerprint density at radius 3 is 2.62 bits per heavy atom. The molecule has 3 aromatic rings. The van der Waals surface area contributed by atoms with Gasteiger partial charge in [-0.2, -0.15) is 0 Å². The summed E-state index contributed by atoms with van der Waals surface area (Å²) >= 11 is 3.59. The fourth-order valence-corrected chi connectivity index (χ4v) is 2.69. The van der Waals surface area contributed by atoms with E-state index in [2.05, 4.69) is 27.0 Å². The molecule has 2 aromatic carbocycles. The Morgan fingerprint density at radius 2 is 1.90 bits per heavy atom. The smallest absolute Gasteiger partial charge is 0.145 e. The zero-order valence-electron chi connectivity index (χ0n) is 11.5. The van der Waals surface area contributed by atoms with Crippen LogP contribution in [0.1, 0.15) is 18.7 Å². The molecule has 1 N–H and O–H groups in total. The van der Waals surface area contributed by atoms with E-state index >= 15 is 0 Å². The minimum atomic E-state index is -0.577. The van der Waals surface area contributed by atoms with Gasteiger partial charge in [-0.25, -0.2) is 0 Å². The zero-order chi connectivity index (χ0) is 14.8. The Balaban J connectivity index is 1.92. The van der Waals surface area contributed by atoms with E-state index in [0.29, 0.717) is 11.4 Å². The third-order valence-corrected chi connectivity index (χ3v) is 4.06. The van der Waals surface area contributed by atoms with Crippen LogP contribution >= 0.6 is 15.9 Å². The van der Waals surface area contributed by atoms with Gasteiger partial charge in [0.15, 0.2) is 0 Å². The molecule has 21 heavy (non-hydrogen) atoms. The van der Waals surface area contributed by atoms with Gasteiger partial charge in [-0.15, -0.1) is 0 Å². The van der Waals surface area contributed by atoms with Gasteiger partial charge >= 0.3 is 0 Å². The van der Waals surface area contributed by atoms with Crippen molar-refractivity contribution >= 4 is 26.7 Å². The molecule has 0 radical (unpaired) electrons. The fourth-order valence-electron chi connectivity index (χ4n) is 2.12. The quantitative estimate of drug-likeness (QED) is 0.739. The largest absolute Gasteiger partial charge is 0.455 e. The van der Waals surface area contributed by atoms with Gasteiger partial charge in [0, 0.05) is 0 Å². The molecule has 1 unspecified atom stereocenters. The SMILES string of the molecule is CC(O)c1ccc(Oc2ccc3ccccc3c2Br)cn1. The summed E-state index contributed by atoms with van der Waals surface area (Å²) in [6.45, 7) is 1.68. The summed E-state index contributed by atoms with van der Waals surface area (Å²) in [4.78, 5) is 4.18. The highest BCUT2D eigenvalue weighted by Gasteiger charge is 2.08. The molecule has 0 saturated carbocycles. The maximum atomic E-state index is 9.46. The standard InChI is InChI=1S/C17H14BrNO2/c1-11(20)15-8-7-13(10-19-15)21-16-9-6-12-4-2-3-5-14(12)17(16)18/h2-11,20H,1H3. The molecule has 0 bridgehead atoms. The van der Waals surface area contributed by atoms with Crippen LogP contribution in [0, 0.1) is 0 Å². The first-order chi connectivity index (χ1) is 10.1. The highest BCUT2D eigenvalue weighted by molar-refractivity contribution is 9.10. The molecule has 1 heterocycles. The number of fused-ring (bicyclic) bond motifs is 1. The number of aromatic nitrogens is 1. The Morgan fingerprint density at radius 1 is 1.10 bits per heavy atom. The van der Waals surface area contributed by atoms with E-state index in [9.17, 15) is 5.11 Å². The summed E-state index contributed by atoms with van der Waals surface area (Å²) in [5, 5.41) is 11.7. The highest BCUT2D eigenvalue weighted by atomic mass is 79.9. The van der Waals surface area contributed by atoms with Crippen LogP contribution in [0.2, 0.25) is 0 Å². The molecule has 0 saturated heterocycles. The van der Waals surface area contributed by atoms with Crippen molar-refractivity contribution < 1.29 is 9.84 Å². The van der Waals surface area contributed by atoms with Gasteiger partial charge in [-0.1, -0.05) is 30.3 Å². The Bertz CT molecular complexity index is 769. The molecule has 0 amide bonds. The van der Waals surface area contributed by atoms with Gasteiger partial charge in [0.1, 0.15) is 11.5 Å². The number of halogens is 1. The second-order valence-electron chi connectivity index (χ2n) is 4.80. The summed E-state index contributed by atoms with van der Waals surface area (Å²) in [7, 11) is 0. The maximum Gasteiger partial charge on any atom is 0.145 e. The van der Waals surface area contributed by atoms with Crippen LogP contribution in [0.3, 0.4) is 0 Å². The Labute approximate surface area is 131 Å². The van der Waals surface area contributed by atoms with E-state index in [4.69, 9.17) is 4.74 Å². The lowest BCUT2D eigenvalue weighted by atomic mass is 10.1. The van der Waals surface area contributed by atoms with Crippen LogP contribution in [0.15, 0.2) is 59.2 Å². The molecule has 4 heteroatoms. The number of rotatable bonds is 3. The maximum absolute atomic E-state index is 9.46. The number of aliphatic hydroxyl groups is 1. The van der Waals surface area contributed by atoms with E-state index in [1.54, 1.807) is 25.3 Å². The van der Waals surface area contributed by atoms with E-state index in [0.717, 1.165) is 21.0 Å². The summed E-state index contributed by atoms with van der Waals surface area (Å²) in [6.07, 6.45) is 1.04. The van der Waals surface area contributed by atoms with Crippen molar-refractivity contribution in [2.45, 2.75) is 13.0 Å². The van der Waals surface area contributed by atoms with Crippen LogP contribution in [0.5, 0.6) is 11.5 Å². The first kappa shape index (κ1) is 14.0. The summed E-state index contributed by atoms with van der Waals surface area (Å²) in [6, 6.07) is 15.6. The predicted octanol–water partition coefficient (Wildman–Crippen LogP) is 4.84. The molecular weight excluding hydrogens is 330 g/mol. The molecule has 0 fully saturated rings. The number of aliphatic hydroxyl groups excluding tert-OH is 1. The van der Waals surface area contributed by atoms with Crippen molar-refractivity contribution in [2.75, 3.05) is 0 Å². The molecule has 106 valence electrons. The molecule has 1 atom stereocenters. The van der Waals surface area contributed by atoms with Crippen LogP contribution in [0.25, 0.3) is 10.8 Å². The number of benzene rings is 2. The number of pyridine rings is 1. The first-order valence-corrected chi connectivity index (χ1v) is 7.43. The van der Waals surface area contributed by atoms with Crippen molar-refractivity contribution in [3.8, 4) is 11.5 Å². The zero-order valence-corrected chi connectivity index (χ0v) is 13.0. The van der Waals surface area contributed by atoms with Crippen molar-refractivity contribution in [3.05, 3.63) is 64.9 Å². The van der Waals surface area contributed by atoms with Crippen molar-refractivity contribution in [1.29, 1.82) is 0 Å². The number of hydrogen-bond acceptors (Lipinski definition) is 3. The molecule has 0 spiro atoms.